The lowest BCUT2D eigenvalue weighted by molar-refractivity contribution is -0.00538. The number of likely N-dealkylation sites (N-methyl/N-ethyl adjacent to an activating group) is 1. The summed E-state index contributed by atoms with van der Waals surface area (Å²) in [4.78, 5) is 2.44. The van der Waals surface area contributed by atoms with Crippen molar-refractivity contribution in [3.05, 3.63) is 0 Å². The number of hydrogen-bond donors (Lipinski definition) is 1. The number of rotatable bonds is 5. The highest BCUT2D eigenvalue weighted by Gasteiger charge is 2.32. The predicted molar refractivity (Wildman–Crippen MR) is 69.6 cm³/mol. The van der Waals surface area contributed by atoms with Gasteiger partial charge in [-0.2, -0.15) is 0 Å². The minimum Gasteiger partial charge on any atom is -0.391 e. The minimum atomic E-state index is -0.103. The van der Waals surface area contributed by atoms with Crippen LogP contribution in [-0.4, -0.2) is 35.2 Å². The van der Waals surface area contributed by atoms with Gasteiger partial charge in [0.2, 0.25) is 0 Å². The fraction of sp³-hybridized carbons (Fsp3) is 1.00. The third-order valence-electron chi connectivity index (χ3n) is 4.51. The monoisotopic (exact) mass is 227 g/mol. The van der Waals surface area contributed by atoms with Crippen LogP contribution in [0.4, 0.5) is 0 Å². The summed E-state index contributed by atoms with van der Waals surface area (Å²) in [6, 6.07) is 1.03. The molecule has 1 saturated carbocycles. The fourth-order valence-corrected chi connectivity index (χ4v) is 3.16. The molecule has 2 heteroatoms. The first-order valence-electron chi connectivity index (χ1n) is 7.03. The van der Waals surface area contributed by atoms with Crippen molar-refractivity contribution in [1.82, 2.24) is 4.90 Å². The fourth-order valence-electron chi connectivity index (χ4n) is 3.16. The molecule has 0 aliphatic heterocycles. The summed E-state index contributed by atoms with van der Waals surface area (Å²) in [5.74, 6) is 0.824. The van der Waals surface area contributed by atoms with E-state index in [1.807, 2.05) is 0 Å². The summed E-state index contributed by atoms with van der Waals surface area (Å²) in [5.41, 5.74) is 0. The van der Waals surface area contributed by atoms with Crippen LogP contribution in [0, 0.1) is 5.92 Å². The summed E-state index contributed by atoms with van der Waals surface area (Å²) < 4.78 is 0. The van der Waals surface area contributed by atoms with Crippen molar-refractivity contribution in [2.75, 3.05) is 7.05 Å². The molecular formula is C14H29NO. The van der Waals surface area contributed by atoms with E-state index in [1.54, 1.807) is 0 Å². The van der Waals surface area contributed by atoms with E-state index in [-0.39, 0.29) is 6.10 Å². The number of hydrogen-bond acceptors (Lipinski definition) is 2. The van der Waals surface area contributed by atoms with Crippen molar-refractivity contribution in [2.24, 2.45) is 5.92 Å². The van der Waals surface area contributed by atoms with Gasteiger partial charge < -0.3 is 5.11 Å². The summed E-state index contributed by atoms with van der Waals surface area (Å²) >= 11 is 0. The molecule has 2 nitrogen and oxygen atoms in total. The van der Waals surface area contributed by atoms with E-state index < -0.39 is 0 Å². The van der Waals surface area contributed by atoms with Gasteiger partial charge in [0.1, 0.15) is 0 Å². The van der Waals surface area contributed by atoms with Crippen LogP contribution >= 0.6 is 0 Å². The average Bonchev–Trinajstić information content (AvgIpc) is 2.31. The minimum absolute atomic E-state index is 0.103. The van der Waals surface area contributed by atoms with E-state index in [0.29, 0.717) is 12.1 Å². The zero-order valence-electron chi connectivity index (χ0n) is 11.4. The summed E-state index contributed by atoms with van der Waals surface area (Å²) in [6.07, 6.45) is 6.93. The van der Waals surface area contributed by atoms with E-state index in [9.17, 15) is 5.11 Å². The lowest BCUT2D eigenvalue weighted by Crippen LogP contribution is -2.49. The third kappa shape index (κ3) is 3.21. The Morgan fingerprint density at radius 3 is 2.31 bits per heavy atom. The van der Waals surface area contributed by atoms with Crippen LogP contribution in [0.5, 0.6) is 0 Å². The largest absolute Gasteiger partial charge is 0.391 e. The molecule has 1 aliphatic rings. The predicted octanol–water partition coefficient (Wildman–Crippen LogP) is 3.05. The smallest absolute Gasteiger partial charge is 0.0695 e. The van der Waals surface area contributed by atoms with Gasteiger partial charge >= 0.3 is 0 Å². The second kappa shape index (κ2) is 6.61. The molecule has 0 saturated heterocycles. The van der Waals surface area contributed by atoms with Crippen molar-refractivity contribution < 1.29 is 5.11 Å². The molecule has 1 N–H and O–H groups in total. The molecule has 0 aromatic heterocycles. The van der Waals surface area contributed by atoms with Crippen molar-refractivity contribution in [3.8, 4) is 0 Å². The van der Waals surface area contributed by atoms with Crippen LogP contribution in [0.25, 0.3) is 0 Å². The topological polar surface area (TPSA) is 23.5 Å². The Balaban J connectivity index is 2.60. The van der Waals surface area contributed by atoms with E-state index in [1.165, 1.54) is 32.1 Å². The molecule has 16 heavy (non-hydrogen) atoms. The van der Waals surface area contributed by atoms with Gasteiger partial charge in [-0.15, -0.1) is 0 Å². The zero-order valence-corrected chi connectivity index (χ0v) is 11.4. The highest BCUT2D eigenvalue weighted by molar-refractivity contribution is 4.87. The van der Waals surface area contributed by atoms with Gasteiger partial charge in [-0.1, -0.05) is 27.2 Å². The second-order valence-electron chi connectivity index (χ2n) is 5.36. The summed E-state index contributed by atoms with van der Waals surface area (Å²) in [6.45, 7) is 6.77. The molecular weight excluding hydrogens is 198 g/mol. The lowest BCUT2D eigenvalue weighted by Gasteiger charge is -2.42. The van der Waals surface area contributed by atoms with Gasteiger partial charge in [-0.05, 0) is 45.1 Å². The van der Waals surface area contributed by atoms with Gasteiger partial charge in [-0.3, -0.25) is 4.90 Å². The van der Waals surface area contributed by atoms with Crippen molar-refractivity contribution in [2.45, 2.75) is 77.5 Å². The Bertz CT molecular complexity index is 191. The Hall–Kier alpha value is -0.0800. The molecule has 0 amide bonds. The van der Waals surface area contributed by atoms with Gasteiger partial charge in [0.05, 0.1) is 6.10 Å². The van der Waals surface area contributed by atoms with Crippen LogP contribution in [0.3, 0.4) is 0 Å². The highest BCUT2D eigenvalue weighted by Crippen LogP contribution is 2.31. The first-order chi connectivity index (χ1) is 7.63. The lowest BCUT2D eigenvalue weighted by atomic mass is 9.81. The Morgan fingerprint density at radius 1 is 1.19 bits per heavy atom. The molecule has 0 bridgehead atoms. The normalized spacial score (nSPS) is 31.3. The molecule has 0 aromatic carbocycles. The maximum atomic E-state index is 10.2. The van der Waals surface area contributed by atoms with Crippen molar-refractivity contribution in [1.29, 1.82) is 0 Å². The second-order valence-corrected chi connectivity index (χ2v) is 5.36. The number of aliphatic hydroxyl groups is 1. The van der Waals surface area contributed by atoms with E-state index >= 15 is 0 Å². The highest BCUT2D eigenvalue weighted by atomic mass is 16.3. The molecule has 0 spiro atoms. The first kappa shape index (κ1) is 14.0. The van der Waals surface area contributed by atoms with Gasteiger partial charge in [0, 0.05) is 12.1 Å². The molecule has 96 valence electrons. The molecule has 3 unspecified atom stereocenters. The van der Waals surface area contributed by atoms with Crippen LogP contribution in [0.1, 0.15) is 59.3 Å². The molecule has 3 atom stereocenters. The summed E-state index contributed by atoms with van der Waals surface area (Å²) in [5, 5.41) is 10.2. The third-order valence-corrected chi connectivity index (χ3v) is 4.51. The Morgan fingerprint density at radius 2 is 1.81 bits per heavy atom. The van der Waals surface area contributed by atoms with Crippen LogP contribution < -0.4 is 0 Å². The standard InChI is InChI=1S/C14H29NO/c1-5-11-8-9-14(16)13(10-11)15(4)12(6-2)7-3/h11-14,16H,5-10H2,1-4H3. The SMILES string of the molecule is CCC1CCC(O)C(N(C)C(CC)CC)C1. The molecule has 0 heterocycles. The molecule has 0 radical (unpaired) electrons. The molecule has 0 aromatic rings. The zero-order chi connectivity index (χ0) is 12.1. The van der Waals surface area contributed by atoms with Gasteiger partial charge in [0.15, 0.2) is 0 Å². The van der Waals surface area contributed by atoms with Crippen LogP contribution in [-0.2, 0) is 0 Å². The Kier molecular flexibility index (Phi) is 5.77. The molecule has 1 aliphatic carbocycles. The molecule has 1 rings (SSSR count). The first-order valence-corrected chi connectivity index (χ1v) is 7.03. The van der Waals surface area contributed by atoms with E-state index in [4.69, 9.17) is 0 Å². The number of aliphatic hydroxyl groups excluding tert-OH is 1. The van der Waals surface area contributed by atoms with Crippen LogP contribution in [0.15, 0.2) is 0 Å². The number of nitrogens with zero attached hydrogens (tertiary/aromatic N) is 1. The van der Waals surface area contributed by atoms with Gasteiger partial charge in [0.25, 0.3) is 0 Å². The van der Waals surface area contributed by atoms with Crippen molar-refractivity contribution in [3.63, 3.8) is 0 Å². The van der Waals surface area contributed by atoms with Crippen LogP contribution in [0.2, 0.25) is 0 Å². The Labute approximate surface area is 101 Å². The summed E-state index contributed by atoms with van der Waals surface area (Å²) in [7, 11) is 2.20. The van der Waals surface area contributed by atoms with E-state index in [2.05, 4.69) is 32.7 Å². The average molecular weight is 227 g/mol. The maximum absolute atomic E-state index is 10.2. The molecule has 1 fully saturated rings. The quantitative estimate of drug-likeness (QED) is 0.780. The van der Waals surface area contributed by atoms with Crippen molar-refractivity contribution >= 4 is 0 Å². The van der Waals surface area contributed by atoms with Gasteiger partial charge in [-0.25, -0.2) is 0 Å². The maximum Gasteiger partial charge on any atom is 0.0695 e. The van der Waals surface area contributed by atoms with E-state index in [0.717, 1.165) is 12.3 Å².